The average Bonchev–Trinajstić information content (AvgIpc) is 3.18. The monoisotopic (exact) mass is 359 g/mol. The van der Waals surface area contributed by atoms with Crippen molar-refractivity contribution < 1.29 is 14.7 Å². The number of primary amides is 1. The molecule has 26 heavy (non-hydrogen) atoms. The number of hydrogen-bond acceptors (Lipinski definition) is 4. The third kappa shape index (κ3) is 4.01. The summed E-state index contributed by atoms with van der Waals surface area (Å²) >= 11 is 0. The molecule has 1 aromatic carbocycles. The lowest BCUT2D eigenvalue weighted by Gasteiger charge is -2.43. The van der Waals surface area contributed by atoms with Crippen LogP contribution in [0.2, 0.25) is 0 Å². The molecule has 1 aliphatic carbocycles. The van der Waals surface area contributed by atoms with Gasteiger partial charge in [-0.3, -0.25) is 14.5 Å². The summed E-state index contributed by atoms with van der Waals surface area (Å²) in [6.45, 7) is 1.90. The fraction of sp³-hybridized carbons (Fsp3) is 0.600. The highest BCUT2D eigenvalue weighted by atomic mass is 16.3. The molecule has 1 atom stereocenters. The van der Waals surface area contributed by atoms with Crippen molar-refractivity contribution in [2.24, 2.45) is 5.73 Å². The molecule has 3 rings (SSSR count). The molecule has 1 saturated carbocycles. The standard InChI is InChI=1S/C20H29N3O3/c21-18(25)17(14-15-6-8-16(24)9-7-15)22-19(26)20(10-2-1-3-11-20)23-12-4-5-13-23/h6-9,17,24H,1-5,10-14H2,(H2,21,25)(H,22,26)/t17-/m0/s1. The number of amides is 2. The number of carbonyl (C=O) groups is 2. The van der Waals surface area contributed by atoms with Crippen LogP contribution >= 0.6 is 0 Å². The molecule has 142 valence electrons. The molecule has 1 heterocycles. The Kier molecular flexibility index (Phi) is 5.81. The van der Waals surface area contributed by atoms with Gasteiger partial charge in [-0.1, -0.05) is 31.4 Å². The van der Waals surface area contributed by atoms with Gasteiger partial charge in [-0.2, -0.15) is 0 Å². The summed E-state index contributed by atoms with van der Waals surface area (Å²) in [5.74, 6) is -0.413. The van der Waals surface area contributed by atoms with Crippen LogP contribution in [0.4, 0.5) is 0 Å². The summed E-state index contributed by atoms with van der Waals surface area (Å²) in [6.07, 6.45) is 7.54. The van der Waals surface area contributed by atoms with E-state index in [0.717, 1.165) is 63.6 Å². The van der Waals surface area contributed by atoms with Gasteiger partial charge in [-0.05, 0) is 56.5 Å². The molecule has 0 spiro atoms. The van der Waals surface area contributed by atoms with Gasteiger partial charge in [-0.15, -0.1) is 0 Å². The Bertz CT molecular complexity index is 632. The van der Waals surface area contributed by atoms with Crippen LogP contribution in [0.1, 0.15) is 50.5 Å². The maximum Gasteiger partial charge on any atom is 0.241 e. The first-order valence-electron chi connectivity index (χ1n) is 9.64. The van der Waals surface area contributed by atoms with E-state index in [9.17, 15) is 14.7 Å². The summed E-state index contributed by atoms with van der Waals surface area (Å²) in [5.41, 5.74) is 5.94. The molecular formula is C20H29N3O3. The van der Waals surface area contributed by atoms with E-state index in [2.05, 4.69) is 10.2 Å². The fourth-order valence-corrected chi connectivity index (χ4v) is 4.35. The zero-order valence-corrected chi connectivity index (χ0v) is 15.2. The quantitative estimate of drug-likeness (QED) is 0.720. The first-order valence-corrected chi connectivity index (χ1v) is 9.64. The minimum atomic E-state index is -0.742. The number of aromatic hydroxyl groups is 1. The van der Waals surface area contributed by atoms with Crippen LogP contribution in [-0.2, 0) is 16.0 Å². The Hall–Kier alpha value is -2.08. The molecule has 0 aromatic heterocycles. The van der Waals surface area contributed by atoms with E-state index in [1.165, 1.54) is 0 Å². The van der Waals surface area contributed by atoms with Crippen molar-refractivity contribution >= 4 is 11.8 Å². The first kappa shape index (κ1) is 18.7. The molecule has 0 radical (unpaired) electrons. The van der Waals surface area contributed by atoms with Crippen molar-refractivity contribution in [1.29, 1.82) is 0 Å². The van der Waals surface area contributed by atoms with Crippen molar-refractivity contribution in [2.75, 3.05) is 13.1 Å². The summed E-state index contributed by atoms with van der Waals surface area (Å²) in [5, 5.41) is 12.4. The van der Waals surface area contributed by atoms with Crippen LogP contribution in [0.3, 0.4) is 0 Å². The molecule has 2 fully saturated rings. The Balaban J connectivity index is 1.74. The van der Waals surface area contributed by atoms with E-state index in [1.54, 1.807) is 24.3 Å². The van der Waals surface area contributed by atoms with E-state index >= 15 is 0 Å². The van der Waals surface area contributed by atoms with Gasteiger partial charge in [0.2, 0.25) is 11.8 Å². The van der Waals surface area contributed by atoms with Gasteiger partial charge in [0.15, 0.2) is 0 Å². The number of benzene rings is 1. The molecule has 6 nitrogen and oxygen atoms in total. The molecular weight excluding hydrogens is 330 g/mol. The molecule has 2 aliphatic rings. The Morgan fingerprint density at radius 2 is 1.69 bits per heavy atom. The number of nitrogens with two attached hydrogens (primary N) is 1. The predicted molar refractivity (Wildman–Crippen MR) is 99.6 cm³/mol. The lowest BCUT2D eigenvalue weighted by Crippen LogP contribution is -2.62. The second kappa shape index (κ2) is 8.08. The van der Waals surface area contributed by atoms with E-state index in [0.29, 0.717) is 6.42 Å². The van der Waals surface area contributed by atoms with Gasteiger partial charge < -0.3 is 16.2 Å². The summed E-state index contributed by atoms with van der Waals surface area (Å²) < 4.78 is 0. The van der Waals surface area contributed by atoms with Crippen molar-refractivity contribution in [3.05, 3.63) is 29.8 Å². The number of carbonyl (C=O) groups excluding carboxylic acids is 2. The SMILES string of the molecule is NC(=O)[C@H](Cc1ccc(O)cc1)NC(=O)C1(N2CCCC2)CCCCC1. The number of phenols is 1. The highest BCUT2D eigenvalue weighted by molar-refractivity contribution is 5.91. The Morgan fingerprint density at radius 1 is 1.08 bits per heavy atom. The molecule has 6 heteroatoms. The molecule has 1 saturated heterocycles. The van der Waals surface area contributed by atoms with E-state index in [4.69, 9.17) is 5.73 Å². The molecule has 0 unspecified atom stereocenters. The lowest BCUT2D eigenvalue weighted by molar-refractivity contribution is -0.138. The van der Waals surface area contributed by atoms with Crippen molar-refractivity contribution in [2.45, 2.75) is 62.9 Å². The van der Waals surface area contributed by atoms with Crippen LogP contribution < -0.4 is 11.1 Å². The van der Waals surface area contributed by atoms with Gasteiger partial charge in [-0.25, -0.2) is 0 Å². The largest absolute Gasteiger partial charge is 0.508 e. The number of rotatable bonds is 6. The van der Waals surface area contributed by atoms with Crippen LogP contribution in [0.15, 0.2) is 24.3 Å². The number of likely N-dealkylation sites (tertiary alicyclic amines) is 1. The fourth-order valence-electron chi connectivity index (χ4n) is 4.35. The topological polar surface area (TPSA) is 95.7 Å². The molecule has 1 aromatic rings. The Labute approximate surface area is 154 Å². The van der Waals surface area contributed by atoms with Gasteiger partial charge >= 0.3 is 0 Å². The Morgan fingerprint density at radius 3 is 2.27 bits per heavy atom. The number of hydrogen-bond donors (Lipinski definition) is 3. The van der Waals surface area contributed by atoms with Crippen molar-refractivity contribution in [3.63, 3.8) is 0 Å². The summed E-state index contributed by atoms with van der Waals surface area (Å²) in [4.78, 5) is 27.5. The van der Waals surface area contributed by atoms with Crippen LogP contribution in [0.25, 0.3) is 0 Å². The highest BCUT2D eigenvalue weighted by Crippen LogP contribution is 2.36. The van der Waals surface area contributed by atoms with E-state index in [1.807, 2.05) is 0 Å². The number of nitrogens with zero attached hydrogens (tertiary/aromatic N) is 1. The van der Waals surface area contributed by atoms with Gasteiger partial charge in [0.1, 0.15) is 17.3 Å². The van der Waals surface area contributed by atoms with Gasteiger partial charge in [0, 0.05) is 6.42 Å². The zero-order chi connectivity index (χ0) is 18.6. The molecule has 4 N–H and O–H groups in total. The van der Waals surface area contributed by atoms with Crippen LogP contribution in [0.5, 0.6) is 5.75 Å². The molecule has 2 amide bonds. The third-order valence-corrected chi connectivity index (χ3v) is 5.84. The molecule has 1 aliphatic heterocycles. The first-order chi connectivity index (χ1) is 12.5. The van der Waals surface area contributed by atoms with Gasteiger partial charge in [0.25, 0.3) is 0 Å². The second-order valence-corrected chi connectivity index (χ2v) is 7.59. The number of nitrogens with one attached hydrogen (secondary N) is 1. The third-order valence-electron chi connectivity index (χ3n) is 5.84. The predicted octanol–water partition coefficient (Wildman–Crippen LogP) is 1.70. The zero-order valence-electron chi connectivity index (χ0n) is 15.2. The summed E-state index contributed by atoms with van der Waals surface area (Å²) in [7, 11) is 0. The minimum Gasteiger partial charge on any atom is -0.508 e. The van der Waals surface area contributed by atoms with Crippen molar-refractivity contribution in [3.8, 4) is 5.75 Å². The van der Waals surface area contributed by atoms with Crippen LogP contribution in [-0.4, -0.2) is 46.5 Å². The maximum absolute atomic E-state index is 13.3. The summed E-state index contributed by atoms with van der Waals surface area (Å²) in [6, 6.07) is 5.89. The average molecular weight is 359 g/mol. The second-order valence-electron chi connectivity index (χ2n) is 7.59. The van der Waals surface area contributed by atoms with E-state index in [-0.39, 0.29) is 11.7 Å². The van der Waals surface area contributed by atoms with E-state index < -0.39 is 17.5 Å². The number of phenolic OH excluding ortho intramolecular Hbond substituents is 1. The minimum absolute atomic E-state index is 0.0540. The van der Waals surface area contributed by atoms with Gasteiger partial charge in [0.05, 0.1) is 0 Å². The van der Waals surface area contributed by atoms with Crippen LogP contribution in [0, 0.1) is 0 Å². The van der Waals surface area contributed by atoms with Crippen molar-refractivity contribution in [1.82, 2.24) is 10.2 Å². The normalized spacial score (nSPS) is 21.2. The lowest BCUT2D eigenvalue weighted by atomic mass is 9.79. The highest BCUT2D eigenvalue weighted by Gasteiger charge is 2.46. The smallest absolute Gasteiger partial charge is 0.241 e. The maximum atomic E-state index is 13.3. The molecule has 0 bridgehead atoms.